The number of anilines is 2. The Bertz CT molecular complexity index is 569. The highest BCUT2D eigenvalue weighted by Gasteiger charge is 2.07. The number of hydrogen-bond donors (Lipinski definition) is 2. The second kappa shape index (κ2) is 7.41. The SMILES string of the molecule is CCCNc1nc(NCc2ccnn2C)nc(OCC)n1. The number of aryl methyl sites for hydroxylation is 1. The molecule has 2 aromatic rings. The molecule has 0 bridgehead atoms. The highest BCUT2D eigenvalue weighted by Crippen LogP contribution is 2.12. The summed E-state index contributed by atoms with van der Waals surface area (Å²) in [5.41, 5.74) is 1.04. The highest BCUT2D eigenvalue weighted by atomic mass is 16.5. The molecule has 114 valence electrons. The molecule has 0 radical (unpaired) electrons. The first kappa shape index (κ1) is 15.0. The van der Waals surface area contributed by atoms with Crippen LogP contribution in [0.1, 0.15) is 26.0 Å². The van der Waals surface area contributed by atoms with Crippen molar-refractivity contribution in [3.05, 3.63) is 18.0 Å². The molecule has 0 fully saturated rings. The van der Waals surface area contributed by atoms with Crippen molar-refractivity contribution in [2.45, 2.75) is 26.8 Å². The van der Waals surface area contributed by atoms with Crippen molar-refractivity contribution in [2.24, 2.45) is 7.05 Å². The van der Waals surface area contributed by atoms with Gasteiger partial charge in [0.2, 0.25) is 11.9 Å². The Morgan fingerprint density at radius 3 is 2.52 bits per heavy atom. The van der Waals surface area contributed by atoms with Crippen LogP contribution in [-0.4, -0.2) is 37.9 Å². The molecule has 0 spiro atoms. The third-order valence-corrected chi connectivity index (χ3v) is 2.77. The maximum absolute atomic E-state index is 5.37. The minimum absolute atomic E-state index is 0.318. The van der Waals surface area contributed by atoms with E-state index in [1.165, 1.54) is 0 Å². The minimum atomic E-state index is 0.318. The third-order valence-electron chi connectivity index (χ3n) is 2.77. The van der Waals surface area contributed by atoms with Crippen LogP contribution in [0.2, 0.25) is 0 Å². The van der Waals surface area contributed by atoms with Crippen molar-refractivity contribution < 1.29 is 4.74 Å². The van der Waals surface area contributed by atoms with Gasteiger partial charge >= 0.3 is 6.01 Å². The monoisotopic (exact) mass is 291 g/mol. The number of nitrogens with one attached hydrogen (secondary N) is 2. The van der Waals surface area contributed by atoms with Crippen molar-refractivity contribution in [3.63, 3.8) is 0 Å². The predicted octanol–water partition coefficient (Wildman–Crippen LogP) is 1.44. The average molecular weight is 291 g/mol. The van der Waals surface area contributed by atoms with Crippen LogP contribution in [0.4, 0.5) is 11.9 Å². The summed E-state index contributed by atoms with van der Waals surface area (Å²) in [6, 6.07) is 2.26. The standard InChI is InChI=1S/C13H21N7O/c1-4-7-14-11-17-12(19-13(18-11)21-5-2)15-9-10-6-8-16-20(10)3/h6,8H,4-5,7,9H2,1-3H3,(H2,14,15,17,18,19). The summed E-state index contributed by atoms with van der Waals surface area (Å²) in [6.07, 6.45) is 2.75. The smallest absolute Gasteiger partial charge is 0.323 e. The van der Waals surface area contributed by atoms with Crippen molar-refractivity contribution >= 4 is 11.9 Å². The average Bonchev–Trinajstić information content (AvgIpc) is 2.88. The lowest BCUT2D eigenvalue weighted by Crippen LogP contribution is -2.12. The van der Waals surface area contributed by atoms with E-state index in [2.05, 4.69) is 37.6 Å². The van der Waals surface area contributed by atoms with E-state index >= 15 is 0 Å². The van der Waals surface area contributed by atoms with E-state index in [0.717, 1.165) is 18.7 Å². The van der Waals surface area contributed by atoms with Gasteiger partial charge in [-0.3, -0.25) is 4.68 Å². The molecule has 2 heterocycles. The maximum Gasteiger partial charge on any atom is 0.323 e. The topological polar surface area (TPSA) is 89.8 Å². The summed E-state index contributed by atoms with van der Waals surface area (Å²) in [5, 5.41) is 10.4. The molecule has 8 heteroatoms. The molecule has 0 aromatic carbocycles. The largest absolute Gasteiger partial charge is 0.464 e. The van der Waals surface area contributed by atoms with Gasteiger partial charge in [0, 0.05) is 19.8 Å². The summed E-state index contributed by atoms with van der Waals surface area (Å²) < 4.78 is 7.17. The fraction of sp³-hybridized carbons (Fsp3) is 0.538. The molecule has 2 N–H and O–H groups in total. The Morgan fingerprint density at radius 2 is 1.90 bits per heavy atom. The molecule has 0 aliphatic heterocycles. The van der Waals surface area contributed by atoms with Gasteiger partial charge in [0.1, 0.15) is 0 Å². The Labute approximate surface area is 124 Å². The number of aromatic nitrogens is 5. The Balaban J connectivity index is 2.09. The Morgan fingerprint density at radius 1 is 1.14 bits per heavy atom. The fourth-order valence-electron chi connectivity index (χ4n) is 1.69. The van der Waals surface area contributed by atoms with E-state index in [4.69, 9.17) is 4.74 Å². The molecule has 0 aliphatic rings. The fourth-order valence-corrected chi connectivity index (χ4v) is 1.69. The third kappa shape index (κ3) is 4.30. The molecule has 0 saturated carbocycles. The molecule has 0 amide bonds. The quantitative estimate of drug-likeness (QED) is 0.760. The van der Waals surface area contributed by atoms with E-state index in [1.54, 1.807) is 10.9 Å². The van der Waals surface area contributed by atoms with Gasteiger partial charge < -0.3 is 15.4 Å². The van der Waals surface area contributed by atoms with Gasteiger partial charge in [-0.05, 0) is 19.4 Å². The van der Waals surface area contributed by atoms with Crippen molar-refractivity contribution in [1.29, 1.82) is 0 Å². The number of rotatable bonds is 8. The van der Waals surface area contributed by atoms with Gasteiger partial charge in [0.05, 0.1) is 18.8 Å². The first-order chi connectivity index (χ1) is 10.2. The van der Waals surface area contributed by atoms with Gasteiger partial charge in [0.15, 0.2) is 0 Å². The van der Waals surface area contributed by atoms with Crippen molar-refractivity contribution in [1.82, 2.24) is 24.7 Å². The first-order valence-corrected chi connectivity index (χ1v) is 7.06. The summed E-state index contributed by atoms with van der Waals surface area (Å²) in [5.74, 6) is 0.996. The lowest BCUT2D eigenvalue weighted by molar-refractivity contribution is 0.312. The second-order valence-electron chi connectivity index (χ2n) is 4.42. The molecule has 2 aromatic heterocycles. The number of nitrogens with zero attached hydrogens (tertiary/aromatic N) is 5. The second-order valence-corrected chi connectivity index (χ2v) is 4.42. The van der Waals surface area contributed by atoms with Crippen LogP contribution >= 0.6 is 0 Å². The van der Waals surface area contributed by atoms with Crippen LogP contribution in [0.3, 0.4) is 0 Å². The highest BCUT2D eigenvalue weighted by molar-refractivity contribution is 5.36. The molecule has 0 saturated heterocycles. The first-order valence-electron chi connectivity index (χ1n) is 7.06. The van der Waals surface area contributed by atoms with Crippen molar-refractivity contribution in [3.8, 4) is 6.01 Å². The van der Waals surface area contributed by atoms with Crippen LogP contribution in [0.5, 0.6) is 6.01 Å². The summed E-state index contributed by atoms with van der Waals surface area (Å²) >= 11 is 0. The predicted molar refractivity (Wildman–Crippen MR) is 80.3 cm³/mol. The number of ether oxygens (including phenoxy) is 1. The van der Waals surface area contributed by atoms with Crippen molar-refractivity contribution in [2.75, 3.05) is 23.8 Å². The van der Waals surface area contributed by atoms with Crippen LogP contribution < -0.4 is 15.4 Å². The molecule has 21 heavy (non-hydrogen) atoms. The van der Waals surface area contributed by atoms with Gasteiger partial charge in [-0.1, -0.05) is 6.92 Å². The Hall–Kier alpha value is -2.38. The summed E-state index contributed by atoms with van der Waals surface area (Å²) in [7, 11) is 1.89. The molecule has 8 nitrogen and oxygen atoms in total. The zero-order valence-electron chi connectivity index (χ0n) is 12.6. The van der Waals surface area contributed by atoms with E-state index in [-0.39, 0.29) is 0 Å². The maximum atomic E-state index is 5.37. The van der Waals surface area contributed by atoms with Gasteiger partial charge in [0.25, 0.3) is 0 Å². The molecule has 0 unspecified atom stereocenters. The van der Waals surface area contributed by atoms with Gasteiger partial charge in [-0.2, -0.15) is 20.1 Å². The van der Waals surface area contributed by atoms with Crippen LogP contribution in [0.25, 0.3) is 0 Å². The minimum Gasteiger partial charge on any atom is -0.464 e. The normalized spacial score (nSPS) is 10.4. The van der Waals surface area contributed by atoms with Gasteiger partial charge in [-0.15, -0.1) is 0 Å². The Kier molecular flexibility index (Phi) is 5.30. The van der Waals surface area contributed by atoms with E-state index < -0.39 is 0 Å². The molecular formula is C13H21N7O. The van der Waals surface area contributed by atoms with E-state index in [9.17, 15) is 0 Å². The molecule has 0 aliphatic carbocycles. The molecular weight excluding hydrogens is 270 g/mol. The zero-order chi connectivity index (χ0) is 15.1. The van der Waals surface area contributed by atoms with E-state index in [0.29, 0.717) is 31.1 Å². The summed E-state index contributed by atoms with van der Waals surface area (Å²) in [4.78, 5) is 12.8. The van der Waals surface area contributed by atoms with Crippen LogP contribution in [0.15, 0.2) is 12.3 Å². The van der Waals surface area contributed by atoms with Gasteiger partial charge in [-0.25, -0.2) is 0 Å². The zero-order valence-corrected chi connectivity index (χ0v) is 12.6. The summed E-state index contributed by atoms with van der Waals surface area (Å²) in [6.45, 7) is 5.87. The van der Waals surface area contributed by atoms with E-state index in [1.807, 2.05) is 20.0 Å². The molecule has 2 rings (SSSR count). The molecule has 0 atom stereocenters. The number of hydrogen-bond acceptors (Lipinski definition) is 7. The lowest BCUT2D eigenvalue weighted by atomic mass is 10.4. The van der Waals surface area contributed by atoms with Crippen LogP contribution in [-0.2, 0) is 13.6 Å². The lowest BCUT2D eigenvalue weighted by Gasteiger charge is -2.09. The van der Waals surface area contributed by atoms with Crippen LogP contribution in [0, 0.1) is 0 Å².